The number of carboxylic acid groups (broad SMARTS) is 1. The van der Waals surface area contributed by atoms with E-state index in [1.54, 1.807) is 0 Å². The Morgan fingerprint density at radius 2 is 2.00 bits per heavy atom. The van der Waals surface area contributed by atoms with Crippen LogP contribution in [0.3, 0.4) is 0 Å². The Hall–Kier alpha value is -1.55. The molecule has 2 N–H and O–H groups in total. The van der Waals surface area contributed by atoms with Gasteiger partial charge in [0.2, 0.25) is 0 Å². The summed E-state index contributed by atoms with van der Waals surface area (Å²) >= 11 is 0. The van der Waals surface area contributed by atoms with E-state index in [0.717, 1.165) is 25.0 Å². The molecule has 0 spiro atoms. The Morgan fingerprint density at radius 1 is 1.26 bits per heavy atom. The molecule has 1 aromatic carbocycles. The summed E-state index contributed by atoms with van der Waals surface area (Å²) in [4.78, 5) is 11.6. The minimum absolute atomic E-state index is 0.00949. The lowest BCUT2D eigenvalue weighted by Crippen LogP contribution is -2.51. The highest BCUT2D eigenvalue weighted by Crippen LogP contribution is 2.36. The third-order valence-corrected chi connectivity index (χ3v) is 3.98. The molecule has 0 amide bonds. The van der Waals surface area contributed by atoms with Crippen molar-refractivity contribution in [2.75, 3.05) is 0 Å². The molecule has 4 nitrogen and oxygen atoms in total. The van der Waals surface area contributed by atoms with Gasteiger partial charge in [0, 0.05) is 12.5 Å². The molecular formula is C15H19NO3. The number of hydrogen-bond acceptors (Lipinski definition) is 3. The van der Waals surface area contributed by atoms with Crippen LogP contribution in [0.1, 0.15) is 32.1 Å². The highest BCUT2D eigenvalue weighted by atomic mass is 16.5. The molecule has 0 bridgehead atoms. The predicted molar refractivity (Wildman–Crippen MR) is 71.2 cm³/mol. The first kappa shape index (κ1) is 12.5. The van der Waals surface area contributed by atoms with Crippen molar-refractivity contribution in [3.05, 3.63) is 30.3 Å². The maximum atomic E-state index is 11.6. The van der Waals surface area contributed by atoms with E-state index in [4.69, 9.17) is 4.74 Å². The molecule has 19 heavy (non-hydrogen) atoms. The molecule has 0 radical (unpaired) electrons. The first-order valence-electron chi connectivity index (χ1n) is 6.91. The van der Waals surface area contributed by atoms with Crippen molar-refractivity contribution in [2.45, 2.75) is 49.8 Å². The SMILES string of the molecule is O=C(O)C1(NC2CC2)CCC(Oc2ccccc2)C1. The second-order valence-electron chi connectivity index (χ2n) is 5.60. The van der Waals surface area contributed by atoms with E-state index in [2.05, 4.69) is 5.32 Å². The highest BCUT2D eigenvalue weighted by Gasteiger charge is 2.48. The molecule has 2 atom stereocenters. The van der Waals surface area contributed by atoms with Gasteiger partial charge in [-0.1, -0.05) is 18.2 Å². The van der Waals surface area contributed by atoms with Crippen LogP contribution < -0.4 is 10.1 Å². The first-order chi connectivity index (χ1) is 9.18. The van der Waals surface area contributed by atoms with Crippen molar-refractivity contribution in [2.24, 2.45) is 0 Å². The van der Waals surface area contributed by atoms with Crippen LogP contribution in [-0.4, -0.2) is 28.8 Å². The second-order valence-corrected chi connectivity index (χ2v) is 5.60. The first-order valence-corrected chi connectivity index (χ1v) is 6.91. The highest BCUT2D eigenvalue weighted by molar-refractivity contribution is 5.79. The van der Waals surface area contributed by atoms with Crippen LogP contribution in [0.5, 0.6) is 5.75 Å². The fourth-order valence-corrected chi connectivity index (χ4v) is 2.80. The van der Waals surface area contributed by atoms with Crippen molar-refractivity contribution in [1.29, 1.82) is 0 Å². The zero-order chi connectivity index (χ0) is 13.3. The van der Waals surface area contributed by atoms with Gasteiger partial charge in [0.25, 0.3) is 0 Å². The summed E-state index contributed by atoms with van der Waals surface area (Å²) < 4.78 is 5.88. The summed E-state index contributed by atoms with van der Waals surface area (Å²) in [6, 6.07) is 10.0. The predicted octanol–water partition coefficient (Wildman–Crippen LogP) is 2.19. The molecule has 0 aliphatic heterocycles. The van der Waals surface area contributed by atoms with Gasteiger partial charge in [-0.2, -0.15) is 0 Å². The smallest absolute Gasteiger partial charge is 0.324 e. The van der Waals surface area contributed by atoms with Gasteiger partial charge in [0.05, 0.1) is 0 Å². The maximum absolute atomic E-state index is 11.6. The van der Waals surface area contributed by atoms with Gasteiger partial charge in [-0.15, -0.1) is 0 Å². The molecule has 1 aromatic rings. The fraction of sp³-hybridized carbons (Fsp3) is 0.533. The van der Waals surface area contributed by atoms with E-state index in [-0.39, 0.29) is 6.10 Å². The van der Waals surface area contributed by atoms with Crippen LogP contribution in [0.25, 0.3) is 0 Å². The van der Waals surface area contributed by atoms with Gasteiger partial charge in [0.1, 0.15) is 17.4 Å². The normalized spacial score (nSPS) is 30.2. The number of hydrogen-bond donors (Lipinski definition) is 2. The minimum Gasteiger partial charge on any atom is -0.490 e. The van der Waals surface area contributed by atoms with E-state index in [1.165, 1.54) is 0 Å². The average molecular weight is 261 g/mol. The second kappa shape index (κ2) is 4.85. The lowest BCUT2D eigenvalue weighted by atomic mass is 9.97. The Morgan fingerprint density at radius 3 is 2.63 bits per heavy atom. The number of ether oxygens (including phenoxy) is 1. The Labute approximate surface area is 112 Å². The zero-order valence-corrected chi connectivity index (χ0v) is 10.8. The van der Waals surface area contributed by atoms with E-state index in [0.29, 0.717) is 18.9 Å². The van der Waals surface area contributed by atoms with Gasteiger partial charge in [0.15, 0.2) is 0 Å². The molecule has 102 valence electrons. The van der Waals surface area contributed by atoms with E-state index in [9.17, 15) is 9.90 Å². The van der Waals surface area contributed by atoms with Crippen LogP contribution in [-0.2, 0) is 4.79 Å². The van der Waals surface area contributed by atoms with Crippen molar-refractivity contribution in [3.8, 4) is 5.75 Å². The third kappa shape index (κ3) is 2.73. The van der Waals surface area contributed by atoms with Crippen LogP contribution in [0.4, 0.5) is 0 Å². The van der Waals surface area contributed by atoms with Gasteiger partial charge >= 0.3 is 5.97 Å². The Bertz CT molecular complexity index is 458. The number of nitrogens with one attached hydrogen (secondary N) is 1. The Balaban J connectivity index is 1.65. The molecule has 0 saturated heterocycles. The van der Waals surface area contributed by atoms with Crippen molar-refractivity contribution in [1.82, 2.24) is 5.32 Å². The van der Waals surface area contributed by atoms with Crippen molar-refractivity contribution in [3.63, 3.8) is 0 Å². The van der Waals surface area contributed by atoms with E-state index < -0.39 is 11.5 Å². The van der Waals surface area contributed by atoms with Crippen LogP contribution >= 0.6 is 0 Å². The lowest BCUT2D eigenvalue weighted by Gasteiger charge is -2.26. The summed E-state index contributed by atoms with van der Waals surface area (Å²) in [6.45, 7) is 0. The molecule has 0 aromatic heterocycles. The van der Waals surface area contributed by atoms with Gasteiger partial charge in [-0.25, -0.2) is 0 Å². The number of benzene rings is 1. The van der Waals surface area contributed by atoms with Crippen molar-refractivity contribution < 1.29 is 14.6 Å². The molecule has 0 heterocycles. The molecular weight excluding hydrogens is 242 g/mol. The van der Waals surface area contributed by atoms with Gasteiger partial charge in [-0.05, 0) is 37.8 Å². The Kier molecular flexibility index (Phi) is 3.19. The van der Waals surface area contributed by atoms with Gasteiger partial charge in [-0.3, -0.25) is 10.1 Å². The summed E-state index contributed by atoms with van der Waals surface area (Å²) in [5.41, 5.74) is -0.777. The topological polar surface area (TPSA) is 58.6 Å². The summed E-state index contributed by atoms with van der Waals surface area (Å²) in [6.07, 6.45) is 4.17. The zero-order valence-electron chi connectivity index (χ0n) is 10.8. The molecule has 2 aliphatic rings. The maximum Gasteiger partial charge on any atom is 0.324 e. The number of carboxylic acids is 1. The number of carbonyl (C=O) groups is 1. The average Bonchev–Trinajstić information content (AvgIpc) is 3.11. The number of aliphatic carboxylic acids is 1. The molecule has 4 heteroatoms. The van der Waals surface area contributed by atoms with E-state index >= 15 is 0 Å². The monoisotopic (exact) mass is 261 g/mol. The summed E-state index contributed by atoms with van der Waals surface area (Å²) in [5.74, 6) is 0.0821. The molecule has 2 saturated carbocycles. The molecule has 2 unspecified atom stereocenters. The minimum atomic E-state index is -0.777. The largest absolute Gasteiger partial charge is 0.490 e. The lowest BCUT2D eigenvalue weighted by molar-refractivity contribution is -0.145. The fourth-order valence-electron chi connectivity index (χ4n) is 2.80. The van der Waals surface area contributed by atoms with Gasteiger partial charge < -0.3 is 9.84 Å². The summed E-state index contributed by atoms with van der Waals surface area (Å²) in [5, 5.41) is 12.8. The molecule has 3 rings (SSSR count). The van der Waals surface area contributed by atoms with Crippen LogP contribution in [0.15, 0.2) is 30.3 Å². The summed E-state index contributed by atoms with van der Waals surface area (Å²) in [7, 11) is 0. The van der Waals surface area contributed by atoms with Crippen molar-refractivity contribution >= 4 is 5.97 Å². The number of para-hydroxylation sites is 1. The van der Waals surface area contributed by atoms with E-state index in [1.807, 2.05) is 30.3 Å². The standard InChI is InChI=1S/C15H19NO3/c17-14(18)15(16-11-6-7-11)9-8-13(10-15)19-12-4-2-1-3-5-12/h1-5,11,13,16H,6-10H2,(H,17,18). The number of rotatable bonds is 5. The molecule has 2 fully saturated rings. The third-order valence-electron chi connectivity index (χ3n) is 3.98. The van der Waals surface area contributed by atoms with Crippen LogP contribution in [0.2, 0.25) is 0 Å². The molecule has 2 aliphatic carbocycles. The van der Waals surface area contributed by atoms with Crippen LogP contribution in [0, 0.1) is 0 Å². The quantitative estimate of drug-likeness (QED) is 0.853.